The average molecular weight is 269 g/mol. The summed E-state index contributed by atoms with van der Waals surface area (Å²) < 4.78 is 0. The maximum atomic E-state index is 11.7. The quantitative estimate of drug-likeness (QED) is 0.579. The lowest BCUT2D eigenvalue weighted by molar-refractivity contribution is 0.102. The fraction of sp³-hybridized carbons (Fsp3) is 0.462. The summed E-state index contributed by atoms with van der Waals surface area (Å²) in [5.74, 6) is 0.641. The highest BCUT2D eigenvalue weighted by molar-refractivity contribution is 9.09. The van der Waals surface area contributed by atoms with Crippen LogP contribution in [0.2, 0.25) is 0 Å². The number of carbonyl (C=O) groups excluding carboxylic acids is 1. The highest BCUT2D eigenvalue weighted by atomic mass is 79.9. The second kappa shape index (κ2) is 6.06. The van der Waals surface area contributed by atoms with Crippen molar-refractivity contribution in [3.63, 3.8) is 0 Å². The number of Topliss-reactive ketones (excluding diaryl/α,β-unsaturated/α-hetero) is 1. The van der Waals surface area contributed by atoms with E-state index >= 15 is 0 Å². The van der Waals surface area contributed by atoms with Crippen LogP contribution in [0.5, 0.6) is 0 Å². The number of ketones is 1. The molecule has 1 unspecified atom stereocenters. The predicted octanol–water partition coefficient (Wildman–Crippen LogP) is 4.17. The molecule has 0 saturated heterocycles. The van der Waals surface area contributed by atoms with Gasteiger partial charge in [0.2, 0.25) is 0 Å². The third kappa shape index (κ3) is 3.16. The van der Waals surface area contributed by atoms with Crippen LogP contribution in [0.15, 0.2) is 24.3 Å². The van der Waals surface area contributed by atoms with E-state index in [1.807, 2.05) is 18.2 Å². The van der Waals surface area contributed by atoms with E-state index in [0.29, 0.717) is 11.2 Å². The number of halogens is 1. The number of carbonyl (C=O) groups is 1. The van der Waals surface area contributed by atoms with Crippen LogP contribution < -0.4 is 0 Å². The van der Waals surface area contributed by atoms with Crippen molar-refractivity contribution in [1.29, 1.82) is 0 Å². The zero-order valence-corrected chi connectivity index (χ0v) is 10.9. The zero-order chi connectivity index (χ0) is 11.3. The van der Waals surface area contributed by atoms with Gasteiger partial charge in [0, 0.05) is 5.56 Å². The fourth-order valence-corrected chi connectivity index (χ4v) is 2.14. The Morgan fingerprint density at radius 1 is 1.40 bits per heavy atom. The molecule has 0 fully saturated rings. The van der Waals surface area contributed by atoms with E-state index in [-0.39, 0.29) is 5.78 Å². The van der Waals surface area contributed by atoms with Gasteiger partial charge in [-0.15, -0.1) is 0 Å². The first-order chi connectivity index (χ1) is 7.20. The Hall–Kier alpha value is -0.630. The van der Waals surface area contributed by atoms with Gasteiger partial charge >= 0.3 is 0 Å². The predicted molar refractivity (Wildman–Crippen MR) is 67.9 cm³/mol. The smallest absolute Gasteiger partial charge is 0.173 e. The minimum Gasteiger partial charge on any atom is -0.293 e. The summed E-state index contributed by atoms with van der Waals surface area (Å²) in [6, 6.07) is 7.92. The molecule has 2 heteroatoms. The van der Waals surface area contributed by atoms with Crippen molar-refractivity contribution in [2.75, 3.05) is 5.33 Å². The van der Waals surface area contributed by atoms with Crippen molar-refractivity contribution in [1.82, 2.24) is 0 Å². The summed E-state index contributed by atoms with van der Waals surface area (Å²) in [6.07, 6.45) is 2.28. The molecule has 15 heavy (non-hydrogen) atoms. The van der Waals surface area contributed by atoms with Crippen LogP contribution in [0.25, 0.3) is 0 Å². The van der Waals surface area contributed by atoms with Gasteiger partial charge in [0.15, 0.2) is 5.78 Å². The summed E-state index contributed by atoms with van der Waals surface area (Å²) in [4.78, 5) is 11.7. The summed E-state index contributed by atoms with van der Waals surface area (Å²) >= 11 is 3.22. The Balaban J connectivity index is 3.00. The van der Waals surface area contributed by atoms with Crippen molar-refractivity contribution < 1.29 is 4.79 Å². The fourth-order valence-electron chi connectivity index (χ4n) is 1.84. The number of hydrogen-bond donors (Lipinski definition) is 0. The highest BCUT2D eigenvalue weighted by Crippen LogP contribution is 2.24. The van der Waals surface area contributed by atoms with E-state index in [9.17, 15) is 4.79 Å². The molecule has 1 nitrogen and oxygen atoms in total. The third-order valence-electron chi connectivity index (χ3n) is 2.64. The first-order valence-electron chi connectivity index (χ1n) is 5.38. The van der Waals surface area contributed by atoms with Crippen molar-refractivity contribution in [3.05, 3.63) is 35.4 Å². The molecule has 1 rings (SSSR count). The van der Waals surface area contributed by atoms with Gasteiger partial charge in [0.05, 0.1) is 5.33 Å². The van der Waals surface area contributed by atoms with Crippen LogP contribution in [0.1, 0.15) is 48.5 Å². The molecule has 1 aromatic rings. The third-order valence-corrected chi connectivity index (χ3v) is 3.14. The Bertz CT molecular complexity index is 333. The standard InChI is InChI=1S/C13H17BrO/c1-3-6-10(2)11-7-4-5-8-12(11)13(15)9-14/h4-5,7-8,10H,3,6,9H2,1-2H3. The molecule has 0 amide bonds. The Morgan fingerprint density at radius 3 is 2.67 bits per heavy atom. The highest BCUT2D eigenvalue weighted by Gasteiger charge is 2.13. The molecule has 0 saturated carbocycles. The first kappa shape index (κ1) is 12.4. The molecule has 0 N–H and O–H groups in total. The SMILES string of the molecule is CCCC(C)c1ccccc1C(=O)CBr. The van der Waals surface area contributed by atoms with Gasteiger partial charge in [-0.2, -0.15) is 0 Å². The summed E-state index contributed by atoms with van der Waals surface area (Å²) in [6.45, 7) is 4.36. The van der Waals surface area contributed by atoms with Gasteiger partial charge in [-0.05, 0) is 17.9 Å². The van der Waals surface area contributed by atoms with Crippen molar-refractivity contribution >= 4 is 21.7 Å². The molecule has 1 aromatic carbocycles. The Morgan fingerprint density at radius 2 is 2.07 bits per heavy atom. The van der Waals surface area contributed by atoms with E-state index < -0.39 is 0 Å². The molecule has 0 aliphatic rings. The second-order valence-electron chi connectivity index (χ2n) is 3.83. The van der Waals surface area contributed by atoms with Crippen LogP contribution in [0.3, 0.4) is 0 Å². The van der Waals surface area contributed by atoms with E-state index in [1.165, 1.54) is 5.56 Å². The maximum absolute atomic E-state index is 11.7. The molecule has 0 radical (unpaired) electrons. The number of benzene rings is 1. The summed E-state index contributed by atoms with van der Waals surface area (Å²) in [7, 11) is 0. The molecule has 0 aromatic heterocycles. The molecular formula is C13H17BrO. The van der Waals surface area contributed by atoms with E-state index in [0.717, 1.165) is 18.4 Å². The van der Waals surface area contributed by atoms with Gasteiger partial charge in [-0.25, -0.2) is 0 Å². The van der Waals surface area contributed by atoms with Crippen molar-refractivity contribution in [2.45, 2.75) is 32.6 Å². The number of rotatable bonds is 5. The van der Waals surface area contributed by atoms with Gasteiger partial charge in [-0.3, -0.25) is 4.79 Å². The zero-order valence-electron chi connectivity index (χ0n) is 9.29. The molecule has 0 heterocycles. The lowest BCUT2D eigenvalue weighted by Gasteiger charge is -2.14. The van der Waals surface area contributed by atoms with Gasteiger partial charge in [-0.1, -0.05) is 60.5 Å². The van der Waals surface area contributed by atoms with Crippen LogP contribution in [-0.2, 0) is 0 Å². The number of hydrogen-bond acceptors (Lipinski definition) is 1. The molecule has 82 valence electrons. The average Bonchev–Trinajstić information content (AvgIpc) is 2.28. The first-order valence-corrected chi connectivity index (χ1v) is 6.51. The van der Waals surface area contributed by atoms with Crippen LogP contribution in [-0.4, -0.2) is 11.1 Å². The van der Waals surface area contributed by atoms with E-state index in [4.69, 9.17) is 0 Å². The number of alkyl halides is 1. The van der Waals surface area contributed by atoms with Crippen LogP contribution in [0.4, 0.5) is 0 Å². The summed E-state index contributed by atoms with van der Waals surface area (Å²) in [5.41, 5.74) is 2.05. The second-order valence-corrected chi connectivity index (χ2v) is 4.39. The molecule has 0 aliphatic heterocycles. The summed E-state index contributed by atoms with van der Waals surface area (Å²) in [5, 5.41) is 0.406. The largest absolute Gasteiger partial charge is 0.293 e. The Kier molecular flexibility index (Phi) is 5.03. The normalized spacial score (nSPS) is 12.5. The molecular weight excluding hydrogens is 252 g/mol. The van der Waals surface area contributed by atoms with Gasteiger partial charge in [0.25, 0.3) is 0 Å². The monoisotopic (exact) mass is 268 g/mol. The Labute approximate surface area is 100 Å². The molecule has 1 atom stereocenters. The molecule has 0 bridgehead atoms. The van der Waals surface area contributed by atoms with Crippen LogP contribution >= 0.6 is 15.9 Å². The lowest BCUT2D eigenvalue weighted by atomic mass is 9.91. The van der Waals surface area contributed by atoms with Crippen molar-refractivity contribution in [2.24, 2.45) is 0 Å². The van der Waals surface area contributed by atoms with E-state index in [1.54, 1.807) is 0 Å². The van der Waals surface area contributed by atoms with Gasteiger partial charge < -0.3 is 0 Å². The maximum Gasteiger partial charge on any atom is 0.173 e. The van der Waals surface area contributed by atoms with Gasteiger partial charge in [0.1, 0.15) is 0 Å². The topological polar surface area (TPSA) is 17.1 Å². The lowest BCUT2D eigenvalue weighted by Crippen LogP contribution is -2.07. The molecule has 0 aliphatic carbocycles. The van der Waals surface area contributed by atoms with Crippen molar-refractivity contribution in [3.8, 4) is 0 Å². The molecule has 0 spiro atoms. The van der Waals surface area contributed by atoms with Crippen LogP contribution in [0, 0.1) is 0 Å². The van der Waals surface area contributed by atoms with E-state index in [2.05, 4.69) is 35.8 Å². The minimum atomic E-state index is 0.175. The minimum absolute atomic E-state index is 0.175.